The highest BCUT2D eigenvalue weighted by Gasteiger charge is 2.30. The summed E-state index contributed by atoms with van der Waals surface area (Å²) in [5.41, 5.74) is 0.860. The van der Waals surface area contributed by atoms with Crippen molar-refractivity contribution in [1.29, 1.82) is 0 Å². The lowest BCUT2D eigenvalue weighted by atomic mass is 9.88. The summed E-state index contributed by atoms with van der Waals surface area (Å²) in [4.78, 5) is 24.3. The molecule has 2 N–H and O–H groups in total. The van der Waals surface area contributed by atoms with Crippen LogP contribution < -0.4 is 10.6 Å². The van der Waals surface area contributed by atoms with Gasteiger partial charge in [0.2, 0.25) is 5.91 Å². The second kappa shape index (κ2) is 7.94. The number of hydrogen-bond acceptors (Lipinski definition) is 4. The van der Waals surface area contributed by atoms with Crippen molar-refractivity contribution in [2.75, 3.05) is 26.2 Å². The van der Waals surface area contributed by atoms with Crippen LogP contribution in [0, 0.1) is 11.8 Å². The van der Waals surface area contributed by atoms with Gasteiger partial charge in [-0.2, -0.15) is 0 Å². The summed E-state index contributed by atoms with van der Waals surface area (Å²) >= 11 is 0. The molecule has 1 aliphatic rings. The second-order valence-electron chi connectivity index (χ2n) is 5.67. The number of carbonyl (C=O) groups is 2. The molecule has 22 heavy (non-hydrogen) atoms. The average molecular weight is 304 g/mol. The number of benzene rings is 1. The van der Waals surface area contributed by atoms with Crippen molar-refractivity contribution in [3.8, 4) is 0 Å². The molecule has 5 nitrogen and oxygen atoms in total. The molecular weight excluding hydrogens is 280 g/mol. The van der Waals surface area contributed by atoms with Crippen LogP contribution in [0.3, 0.4) is 0 Å². The number of rotatable bonds is 7. The van der Waals surface area contributed by atoms with Crippen LogP contribution in [0.4, 0.5) is 0 Å². The van der Waals surface area contributed by atoms with Crippen LogP contribution >= 0.6 is 0 Å². The minimum absolute atomic E-state index is 0.00303. The van der Waals surface area contributed by atoms with Gasteiger partial charge < -0.3 is 15.4 Å². The Morgan fingerprint density at radius 1 is 1.32 bits per heavy atom. The summed E-state index contributed by atoms with van der Waals surface area (Å²) in [7, 11) is 0. The molecule has 1 aromatic carbocycles. The molecule has 0 bridgehead atoms. The molecule has 1 heterocycles. The first-order valence-electron chi connectivity index (χ1n) is 7.83. The number of amides is 1. The maximum absolute atomic E-state index is 12.2. The van der Waals surface area contributed by atoms with Crippen molar-refractivity contribution in [2.45, 2.75) is 19.8 Å². The SMILES string of the molecule is CCOC(=O)C(CNC(=O)C(C)C1CNC1)c1ccccc1. The van der Waals surface area contributed by atoms with Gasteiger partial charge in [0.15, 0.2) is 0 Å². The van der Waals surface area contributed by atoms with Gasteiger partial charge in [-0.3, -0.25) is 9.59 Å². The number of carbonyl (C=O) groups excluding carboxylic acids is 2. The average Bonchev–Trinajstić information content (AvgIpc) is 2.46. The maximum atomic E-state index is 12.2. The molecule has 1 fully saturated rings. The lowest BCUT2D eigenvalue weighted by Gasteiger charge is -2.32. The second-order valence-corrected chi connectivity index (χ2v) is 5.67. The predicted octanol–water partition coefficient (Wildman–Crippen LogP) is 1.31. The fraction of sp³-hybridized carbons (Fsp3) is 0.529. The highest BCUT2D eigenvalue weighted by molar-refractivity contribution is 5.82. The van der Waals surface area contributed by atoms with Crippen molar-refractivity contribution in [3.63, 3.8) is 0 Å². The van der Waals surface area contributed by atoms with Gasteiger partial charge in [-0.25, -0.2) is 0 Å². The molecule has 0 aliphatic carbocycles. The van der Waals surface area contributed by atoms with Crippen LogP contribution in [0.5, 0.6) is 0 Å². The molecule has 1 saturated heterocycles. The zero-order valence-corrected chi connectivity index (χ0v) is 13.2. The largest absolute Gasteiger partial charge is 0.465 e. The quantitative estimate of drug-likeness (QED) is 0.745. The number of ether oxygens (including phenoxy) is 1. The first-order chi connectivity index (χ1) is 10.6. The number of hydrogen-bond donors (Lipinski definition) is 2. The maximum Gasteiger partial charge on any atom is 0.315 e. The van der Waals surface area contributed by atoms with E-state index in [1.807, 2.05) is 37.3 Å². The highest BCUT2D eigenvalue weighted by Crippen LogP contribution is 2.19. The fourth-order valence-corrected chi connectivity index (χ4v) is 2.51. The number of nitrogens with one attached hydrogen (secondary N) is 2. The van der Waals surface area contributed by atoms with Gasteiger partial charge >= 0.3 is 5.97 Å². The summed E-state index contributed by atoms with van der Waals surface area (Å²) < 4.78 is 5.13. The molecular formula is C17H24N2O3. The standard InChI is InChI=1S/C17H24N2O3/c1-3-22-17(21)15(13-7-5-4-6-8-13)11-19-16(20)12(2)14-9-18-10-14/h4-8,12,14-15,18H,3,9-11H2,1-2H3,(H,19,20). The van der Waals surface area contributed by atoms with Crippen LogP contribution in [0.2, 0.25) is 0 Å². The van der Waals surface area contributed by atoms with E-state index < -0.39 is 5.92 Å². The van der Waals surface area contributed by atoms with E-state index in [-0.39, 0.29) is 24.3 Å². The first-order valence-corrected chi connectivity index (χ1v) is 7.83. The third kappa shape index (κ3) is 4.07. The molecule has 0 spiro atoms. The predicted molar refractivity (Wildman–Crippen MR) is 84.3 cm³/mol. The van der Waals surface area contributed by atoms with Gasteiger partial charge in [0, 0.05) is 12.5 Å². The third-order valence-electron chi connectivity index (χ3n) is 4.19. The summed E-state index contributed by atoms with van der Waals surface area (Å²) in [6.07, 6.45) is 0. The number of esters is 1. The van der Waals surface area contributed by atoms with Gasteiger partial charge in [0.25, 0.3) is 0 Å². The summed E-state index contributed by atoms with van der Waals surface area (Å²) in [5.74, 6) is -0.418. The van der Waals surface area contributed by atoms with Crippen molar-refractivity contribution in [2.24, 2.45) is 11.8 Å². The molecule has 1 aromatic rings. The zero-order valence-electron chi connectivity index (χ0n) is 13.2. The molecule has 5 heteroatoms. The Balaban J connectivity index is 1.97. The summed E-state index contributed by atoms with van der Waals surface area (Å²) in [6, 6.07) is 9.42. The molecule has 0 aromatic heterocycles. The summed E-state index contributed by atoms with van der Waals surface area (Å²) in [6.45, 7) is 6.09. The Labute approximate surface area is 131 Å². The van der Waals surface area contributed by atoms with Crippen molar-refractivity contribution >= 4 is 11.9 Å². The van der Waals surface area contributed by atoms with Crippen LogP contribution in [-0.2, 0) is 14.3 Å². The van der Waals surface area contributed by atoms with Crippen LogP contribution in [0.25, 0.3) is 0 Å². The molecule has 0 saturated carbocycles. The minimum Gasteiger partial charge on any atom is -0.465 e. The van der Waals surface area contributed by atoms with E-state index in [9.17, 15) is 9.59 Å². The Hall–Kier alpha value is -1.88. The Bertz CT molecular complexity index is 500. The van der Waals surface area contributed by atoms with Gasteiger partial charge in [-0.05, 0) is 31.5 Å². The molecule has 1 aliphatic heterocycles. The van der Waals surface area contributed by atoms with E-state index in [0.29, 0.717) is 12.5 Å². The molecule has 0 radical (unpaired) electrons. The van der Waals surface area contributed by atoms with E-state index in [0.717, 1.165) is 18.7 Å². The Morgan fingerprint density at radius 3 is 2.55 bits per heavy atom. The van der Waals surface area contributed by atoms with Crippen molar-refractivity contribution in [3.05, 3.63) is 35.9 Å². The van der Waals surface area contributed by atoms with E-state index >= 15 is 0 Å². The smallest absolute Gasteiger partial charge is 0.315 e. The molecule has 1 amide bonds. The highest BCUT2D eigenvalue weighted by atomic mass is 16.5. The monoisotopic (exact) mass is 304 g/mol. The van der Waals surface area contributed by atoms with E-state index in [2.05, 4.69) is 10.6 Å². The fourth-order valence-electron chi connectivity index (χ4n) is 2.51. The van der Waals surface area contributed by atoms with E-state index in [4.69, 9.17) is 4.74 Å². The Kier molecular flexibility index (Phi) is 5.95. The topological polar surface area (TPSA) is 67.4 Å². The van der Waals surface area contributed by atoms with Crippen LogP contribution in [0.1, 0.15) is 25.3 Å². The first kappa shape index (κ1) is 16.5. The molecule has 2 rings (SSSR count). The van der Waals surface area contributed by atoms with Crippen LogP contribution in [0.15, 0.2) is 30.3 Å². The summed E-state index contributed by atoms with van der Waals surface area (Å²) in [5, 5.41) is 6.07. The lowest BCUT2D eigenvalue weighted by molar-refractivity contribution is -0.145. The third-order valence-corrected chi connectivity index (χ3v) is 4.19. The Morgan fingerprint density at radius 2 is 2.00 bits per heavy atom. The van der Waals surface area contributed by atoms with Gasteiger partial charge in [0.1, 0.15) is 0 Å². The van der Waals surface area contributed by atoms with Crippen molar-refractivity contribution in [1.82, 2.24) is 10.6 Å². The molecule has 120 valence electrons. The van der Waals surface area contributed by atoms with Crippen LogP contribution in [-0.4, -0.2) is 38.1 Å². The van der Waals surface area contributed by atoms with Gasteiger partial charge in [0.05, 0.1) is 12.5 Å². The van der Waals surface area contributed by atoms with Crippen molar-refractivity contribution < 1.29 is 14.3 Å². The molecule has 2 unspecified atom stereocenters. The lowest BCUT2D eigenvalue weighted by Crippen LogP contribution is -2.50. The van der Waals surface area contributed by atoms with Gasteiger partial charge in [-0.15, -0.1) is 0 Å². The zero-order chi connectivity index (χ0) is 15.9. The molecule has 2 atom stereocenters. The minimum atomic E-state index is -0.461. The van der Waals surface area contributed by atoms with E-state index in [1.54, 1.807) is 6.92 Å². The van der Waals surface area contributed by atoms with E-state index in [1.165, 1.54) is 0 Å². The normalized spacial score (nSPS) is 17.2. The van der Waals surface area contributed by atoms with Gasteiger partial charge in [-0.1, -0.05) is 37.3 Å².